The predicted molar refractivity (Wildman–Crippen MR) is 83.4 cm³/mol. The monoisotopic (exact) mass is 262 g/mol. The Labute approximate surface area is 119 Å². The van der Waals surface area contributed by atoms with Gasteiger partial charge in [-0.05, 0) is 43.5 Å². The fourth-order valence-electron chi connectivity index (χ4n) is 2.52. The quantitative estimate of drug-likeness (QED) is 0.600. The van der Waals surface area contributed by atoms with Crippen molar-refractivity contribution in [3.05, 3.63) is 30.1 Å². The minimum Gasteiger partial charge on any atom is -0.314 e. The third kappa shape index (κ3) is 7.99. The molecule has 0 saturated carbocycles. The van der Waals surface area contributed by atoms with Crippen LogP contribution in [0.4, 0.5) is 0 Å². The van der Waals surface area contributed by atoms with Crippen LogP contribution in [0.1, 0.15) is 64.4 Å². The first-order valence-electron chi connectivity index (χ1n) is 7.99. The molecule has 1 rings (SSSR count). The van der Waals surface area contributed by atoms with Gasteiger partial charge in [0.25, 0.3) is 0 Å². The molecule has 0 radical (unpaired) electrons. The summed E-state index contributed by atoms with van der Waals surface area (Å²) in [4.78, 5) is 4.07. The molecule has 0 saturated heterocycles. The van der Waals surface area contributed by atoms with Crippen molar-refractivity contribution < 1.29 is 0 Å². The molecule has 0 aromatic carbocycles. The molecule has 0 fully saturated rings. The smallest absolute Gasteiger partial charge is 0.0270 e. The fraction of sp³-hybridized carbons (Fsp3) is 0.706. The Balaban J connectivity index is 2.20. The largest absolute Gasteiger partial charge is 0.314 e. The molecule has 1 aromatic heterocycles. The van der Waals surface area contributed by atoms with Gasteiger partial charge in [-0.15, -0.1) is 0 Å². The Morgan fingerprint density at radius 2 is 1.74 bits per heavy atom. The minimum absolute atomic E-state index is 0.680. The molecule has 0 aliphatic heterocycles. The third-order valence-corrected chi connectivity index (χ3v) is 3.68. The zero-order valence-electron chi connectivity index (χ0n) is 12.7. The summed E-state index contributed by atoms with van der Waals surface area (Å²) >= 11 is 0. The van der Waals surface area contributed by atoms with E-state index in [0.29, 0.717) is 6.04 Å². The van der Waals surface area contributed by atoms with E-state index in [-0.39, 0.29) is 0 Å². The van der Waals surface area contributed by atoms with Crippen molar-refractivity contribution >= 4 is 0 Å². The molecule has 1 heterocycles. The van der Waals surface area contributed by atoms with Gasteiger partial charge >= 0.3 is 0 Å². The summed E-state index contributed by atoms with van der Waals surface area (Å²) in [6, 6.07) is 4.94. The number of aryl methyl sites for hydroxylation is 1. The maximum atomic E-state index is 4.07. The van der Waals surface area contributed by atoms with Crippen LogP contribution in [0.2, 0.25) is 0 Å². The summed E-state index contributed by atoms with van der Waals surface area (Å²) < 4.78 is 0. The Kier molecular flexibility index (Phi) is 9.34. The third-order valence-electron chi connectivity index (χ3n) is 3.68. The minimum atomic E-state index is 0.680. The highest BCUT2D eigenvalue weighted by Crippen LogP contribution is 2.12. The number of unbranched alkanes of at least 4 members (excludes halogenated alkanes) is 4. The summed E-state index contributed by atoms with van der Waals surface area (Å²) in [6.07, 6.45) is 14.4. The number of nitrogens with one attached hydrogen (secondary N) is 1. The van der Waals surface area contributed by atoms with Crippen molar-refractivity contribution in [1.29, 1.82) is 0 Å². The number of hydrogen-bond acceptors (Lipinski definition) is 2. The first-order valence-corrected chi connectivity index (χ1v) is 7.99. The topological polar surface area (TPSA) is 24.9 Å². The van der Waals surface area contributed by atoms with Crippen molar-refractivity contribution in [2.24, 2.45) is 0 Å². The maximum absolute atomic E-state index is 4.07. The predicted octanol–water partition coefficient (Wildman–Crippen LogP) is 4.35. The van der Waals surface area contributed by atoms with Gasteiger partial charge in [0.1, 0.15) is 0 Å². The zero-order valence-corrected chi connectivity index (χ0v) is 12.7. The van der Waals surface area contributed by atoms with Crippen LogP contribution in [0.5, 0.6) is 0 Å². The van der Waals surface area contributed by atoms with E-state index in [4.69, 9.17) is 0 Å². The standard InChI is InChI=1S/C17H30N2/c1-3-5-6-7-8-9-17(19-4-2)11-10-16-12-14-18-15-13-16/h12-15,17,19H,3-11H2,1-2H3. The van der Waals surface area contributed by atoms with E-state index in [1.165, 1.54) is 50.5 Å². The first kappa shape index (κ1) is 16.2. The van der Waals surface area contributed by atoms with E-state index in [1.807, 2.05) is 12.4 Å². The molecule has 0 aliphatic carbocycles. The van der Waals surface area contributed by atoms with Gasteiger partial charge in [-0.1, -0.05) is 46.0 Å². The molecule has 2 heteroatoms. The number of hydrogen-bond donors (Lipinski definition) is 1. The second-order valence-electron chi connectivity index (χ2n) is 5.35. The molecule has 1 N–H and O–H groups in total. The highest BCUT2D eigenvalue weighted by molar-refractivity contribution is 5.09. The van der Waals surface area contributed by atoms with Crippen LogP contribution in [0, 0.1) is 0 Å². The summed E-state index contributed by atoms with van der Waals surface area (Å²) in [5, 5.41) is 3.63. The maximum Gasteiger partial charge on any atom is 0.0270 e. The average molecular weight is 262 g/mol. The highest BCUT2D eigenvalue weighted by atomic mass is 14.9. The van der Waals surface area contributed by atoms with Crippen LogP contribution in [-0.2, 0) is 6.42 Å². The summed E-state index contributed by atoms with van der Waals surface area (Å²) in [5.74, 6) is 0. The van der Waals surface area contributed by atoms with Crippen LogP contribution in [0.15, 0.2) is 24.5 Å². The zero-order chi connectivity index (χ0) is 13.8. The van der Waals surface area contributed by atoms with Crippen LogP contribution in [0.3, 0.4) is 0 Å². The summed E-state index contributed by atoms with van der Waals surface area (Å²) in [5.41, 5.74) is 1.41. The Morgan fingerprint density at radius 3 is 2.42 bits per heavy atom. The van der Waals surface area contributed by atoms with Gasteiger partial charge in [-0.2, -0.15) is 0 Å². The Morgan fingerprint density at radius 1 is 1.00 bits per heavy atom. The van der Waals surface area contributed by atoms with Gasteiger partial charge in [0.15, 0.2) is 0 Å². The van der Waals surface area contributed by atoms with Crippen molar-refractivity contribution in [2.45, 2.75) is 71.3 Å². The van der Waals surface area contributed by atoms with E-state index >= 15 is 0 Å². The van der Waals surface area contributed by atoms with Gasteiger partial charge in [-0.3, -0.25) is 4.98 Å². The lowest BCUT2D eigenvalue weighted by Gasteiger charge is -2.17. The molecule has 108 valence electrons. The second-order valence-corrected chi connectivity index (χ2v) is 5.35. The second kappa shape index (κ2) is 11.0. The Bertz CT molecular complexity index is 297. The van der Waals surface area contributed by atoms with Crippen molar-refractivity contribution in [1.82, 2.24) is 10.3 Å². The van der Waals surface area contributed by atoms with Crippen molar-refractivity contribution in [3.8, 4) is 0 Å². The number of aromatic nitrogens is 1. The van der Waals surface area contributed by atoms with E-state index < -0.39 is 0 Å². The number of rotatable bonds is 11. The molecule has 1 aromatic rings. The lowest BCUT2D eigenvalue weighted by Crippen LogP contribution is -2.29. The van der Waals surface area contributed by atoms with Gasteiger partial charge < -0.3 is 5.32 Å². The molecule has 0 aliphatic rings. The fourth-order valence-corrected chi connectivity index (χ4v) is 2.52. The average Bonchev–Trinajstić information content (AvgIpc) is 2.45. The molecule has 19 heavy (non-hydrogen) atoms. The summed E-state index contributed by atoms with van der Waals surface area (Å²) in [7, 11) is 0. The molecule has 0 amide bonds. The molecule has 0 spiro atoms. The lowest BCUT2D eigenvalue weighted by molar-refractivity contribution is 0.439. The molecule has 1 unspecified atom stereocenters. The highest BCUT2D eigenvalue weighted by Gasteiger charge is 2.07. The van der Waals surface area contributed by atoms with E-state index in [2.05, 4.69) is 36.3 Å². The molecule has 1 atom stereocenters. The van der Waals surface area contributed by atoms with Crippen molar-refractivity contribution in [3.63, 3.8) is 0 Å². The lowest BCUT2D eigenvalue weighted by atomic mass is 10.00. The Hall–Kier alpha value is -0.890. The van der Waals surface area contributed by atoms with Crippen molar-refractivity contribution in [2.75, 3.05) is 6.54 Å². The van der Waals surface area contributed by atoms with E-state index in [1.54, 1.807) is 0 Å². The van der Waals surface area contributed by atoms with Gasteiger partial charge in [-0.25, -0.2) is 0 Å². The van der Waals surface area contributed by atoms with Crippen LogP contribution in [0.25, 0.3) is 0 Å². The van der Waals surface area contributed by atoms with Crippen LogP contribution >= 0.6 is 0 Å². The molecular weight excluding hydrogens is 232 g/mol. The van der Waals surface area contributed by atoms with Crippen LogP contribution < -0.4 is 5.32 Å². The van der Waals surface area contributed by atoms with Gasteiger partial charge in [0, 0.05) is 18.4 Å². The van der Waals surface area contributed by atoms with E-state index in [9.17, 15) is 0 Å². The van der Waals surface area contributed by atoms with Crippen LogP contribution in [-0.4, -0.2) is 17.6 Å². The van der Waals surface area contributed by atoms with Gasteiger partial charge in [0.2, 0.25) is 0 Å². The number of nitrogens with zero attached hydrogens (tertiary/aromatic N) is 1. The first-order chi connectivity index (χ1) is 9.36. The normalized spacial score (nSPS) is 12.5. The van der Waals surface area contributed by atoms with E-state index in [0.717, 1.165) is 13.0 Å². The SMILES string of the molecule is CCCCCCCC(CCc1ccncc1)NCC. The summed E-state index contributed by atoms with van der Waals surface area (Å²) in [6.45, 7) is 5.56. The van der Waals surface area contributed by atoms with Gasteiger partial charge in [0.05, 0.1) is 0 Å². The number of pyridine rings is 1. The molecule has 2 nitrogen and oxygen atoms in total. The molecule has 0 bridgehead atoms. The molecular formula is C17H30N2.